The summed E-state index contributed by atoms with van der Waals surface area (Å²) in [7, 11) is 0. The second-order valence-corrected chi connectivity index (χ2v) is 7.87. The van der Waals surface area contributed by atoms with Gasteiger partial charge in [0.2, 0.25) is 0 Å². The van der Waals surface area contributed by atoms with E-state index in [0.717, 1.165) is 29.5 Å². The molecule has 0 atom stereocenters. The standard InChI is InChI=1S/C19H23N5O3/c1-19(2,3)27-18(26)23-12-15-14(17(23)25)11-24(21-15)13-6-7-16(20-10-13)22-8-4-5-9-22/h6-7,10-11H,4-5,8-9,12H2,1-3H3. The van der Waals surface area contributed by atoms with Crippen LogP contribution in [0.25, 0.3) is 5.69 Å². The number of rotatable bonds is 2. The number of ether oxygens (including phenoxy) is 1. The Balaban J connectivity index is 1.50. The summed E-state index contributed by atoms with van der Waals surface area (Å²) in [6.45, 7) is 7.50. The van der Waals surface area contributed by atoms with Crippen LogP contribution in [0.1, 0.15) is 49.7 Å². The van der Waals surface area contributed by atoms with E-state index in [1.54, 1.807) is 37.8 Å². The van der Waals surface area contributed by atoms with Crippen LogP contribution in [-0.4, -0.2) is 50.4 Å². The summed E-state index contributed by atoms with van der Waals surface area (Å²) >= 11 is 0. The molecule has 2 amide bonds. The number of carbonyl (C=O) groups excluding carboxylic acids is 2. The third kappa shape index (κ3) is 3.39. The molecular formula is C19H23N5O3. The molecule has 4 heterocycles. The summed E-state index contributed by atoms with van der Waals surface area (Å²) in [6, 6.07) is 3.92. The number of hydrogen-bond acceptors (Lipinski definition) is 6. The van der Waals surface area contributed by atoms with Crippen molar-refractivity contribution in [3.05, 3.63) is 35.8 Å². The maximum atomic E-state index is 12.5. The Morgan fingerprint density at radius 3 is 2.52 bits per heavy atom. The van der Waals surface area contributed by atoms with Crippen molar-refractivity contribution in [2.75, 3.05) is 18.0 Å². The van der Waals surface area contributed by atoms with Crippen LogP contribution in [0.2, 0.25) is 0 Å². The SMILES string of the molecule is CC(C)(C)OC(=O)N1Cc2nn(-c3ccc(N4CCCC4)nc3)cc2C1=O. The molecule has 4 rings (SSSR count). The van der Waals surface area contributed by atoms with E-state index >= 15 is 0 Å². The molecule has 1 saturated heterocycles. The molecule has 0 bridgehead atoms. The zero-order valence-corrected chi connectivity index (χ0v) is 15.8. The lowest BCUT2D eigenvalue weighted by Crippen LogP contribution is -2.37. The van der Waals surface area contributed by atoms with E-state index in [1.807, 2.05) is 12.1 Å². The quantitative estimate of drug-likeness (QED) is 0.810. The summed E-state index contributed by atoms with van der Waals surface area (Å²) in [5.74, 6) is 0.579. The van der Waals surface area contributed by atoms with Gasteiger partial charge in [-0.05, 0) is 45.7 Å². The predicted octanol–water partition coefficient (Wildman–Crippen LogP) is 2.76. The van der Waals surface area contributed by atoms with E-state index in [4.69, 9.17) is 4.74 Å². The normalized spacial score (nSPS) is 16.8. The van der Waals surface area contributed by atoms with Crippen LogP contribution >= 0.6 is 0 Å². The Kier molecular flexibility index (Phi) is 4.13. The number of amides is 2. The minimum Gasteiger partial charge on any atom is -0.443 e. The molecule has 0 N–H and O–H groups in total. The van der Waals surface area contributed by atoms with Gasteiger partial charge in [-0.1, -0.05) is 0 Å². The second kappa shape index (κ2) is 6.37. The smallest absolute Gasteiger partial charge is 0.417 e. The van der Waals surface area contributed by atoms with Crippen molar-refractivity contribution in [2.24, 2.45) is 0 Å². The van der Waals surface area contributed by atoms with Gasteiger partial charge < -0.3 is 9.64 Å². The van der Waals surface area contributed by atoms with Gasteiger partial charge in [-0.25, -0.2) is 19.4 Å². The summed E-state index contributed by atoms with van der Waals surface area (Å²) < 4.78 is 6.92. The van der Waals surface area contributed by atoms with Crippen molar-refractivity contribution < 1.29 is 14.3 Å². The van der Waals surface area contributed by atoms with Crippen molar-refractivity contribution in [3.63, 3.8) is 0 Å². The third-order valence-electron chi connectivity index (χ3n) is 4.61. The minimum absolute atomic E-state index is 0.120. The number of anilines is 1. The Bertz CT molecular complexity index is 876. The highest BCUT2D eigenvalue weighted by Crippen LogP contribution is 2.25. The average molecular weight is 369 g/mol. The average Bonchev–Trinajstić information content (AvgIpc) is 3.31. The zero-order chi connectivity index (χ0) is 19.2. The van der Waals surface area contributed by atoms with E-state index in [1.165, 1.54) is 12.8 Å². The van der Waals surface area contributed by atoms with E-state index in [0.29, 0.717) is 11.3 Å². The second-order valence-electron chi connectivity index (χ2n) is 7.87. The number of nitrogens with zero attached hydrogens (tertiary/aromatic N) is 5. The third-order valence-corrected chi connectivity index (χ3v) is 4.61. The van der Waals surface area contributed by atoms with Crippen molar-refractivity contribution >= 4 is 17.8 Å². The first-order valence-corrected chi connectivity index (χ1v) is 9.16. The summed E-state index contributed by atoms with van der Waals surface area (Å²) in [4.78, 5) is 32.6. The summed E-state index contributed by atoms with van der Waals surface area (Å²) in [5, 5.41) is 4.46. The van der Waals surface area contributed by atoms with Gasteiger partial charge in [0.1, 0.15) is 11.4 Å². The van der Waals surface area contributed by atoms with Crippen LogP contribution in [0.5, 0.6) is 0 Å². The molecule has 0 aromatic carbocycles. The van der Waals surface area contributed by atoms with E-state index in [9.17, 15) is 9.59 Å². The molecule has 2 aliphatic rings. The molecule has 0 saturated carbocycles. The number of fused-ring (bicyclic) bond motifs is 1. The maximum Gasteiger partial charge on any atom is 0.417 e. The lowest BCUT2D eigenvalue weighted by molar-refractivity contribution is 0.0246. The maximum absolute atomic E-state index is 12.5. The van der Waals surface area contributed by atoms with Gasteiger partial charge in [-0.3, -0.25) is 4.79 Å². The molecule has 2 aliphatic heterocycles. The Morgan fingerprint density at radius 1 is 1.19 bits per heavy atom. The van der Waals surface area contributed by atoms with Gasteiger partial charge in [0, 0.05) is 19.3 Å². The number of carbonyl (C=O) groups is 2. The van der Waals surface area contributed by atoms with Crippen LogP contribution in [0.15, 0.2) is 24.5 Å². The van der Waals surface area contributed by atoms with Gasteiger partial charge in [0.15, 0.2) is 0 Å². The molecule has 8 nitrogen and oxygen atoms in total. The Morgan fingerprint density at radius 2 is 1.93 bits per heavy atom. The lowest BCUT2D eigenvalue weighted by Gasteiger charge is -2.23. The summed E-state index contributed by atoms with van der Waals surface area (Å²) in [6.07, 6.45) is 5.16. The fourth-order valence-electron chi connectivity index (χ4n) is 3.32. The zero-order valence-electron chi connectivity index (χ0n) is 15.8. The predicted molar refractivity (Wildman–Crippen MR) is 98.9 cm³/mol. The Hall–Kier alpha value is -2.90. The van der Waals surface area contributed by atoms with Crippen LogP contribution < -0.4 is 4.90 Å². The van der Waals surface area contributed by atoms with Gasteiger partial charge in [0.05, 0.1) is 29.7 Å². The molecule has 2 aromatic rings. The molecule has 1 fully saturated rings. The highest BCUT2D eigenvalue weighted by atomic mass is 16.6. The van der Waals surface area contributed by atoms with Gasteiger partial charge in [-0.2, -0.15) is 5.10 Å². The van der Waals surface area contributed by atoms with Gasteiger partial charge >= 0.3 is 6.09 Å². The summed E-state index contributed by atoms with van der Waals surface area (Å²) in [5.41, 5.74) is 1.11. The fraction of sp³-hybridized carbons (Fsp3) is 0.474. The Labute approximate surface area is 157 Å². The minimum atomic E-state index is -0.653. The molecule has 8 heteroatoms. The van der Waals surface area contributed by atoms with Crippen molar-refractivity contribution in [1.29, 1.82) is 0 Å². The number of aromatic nitrogens is 3. The number of imide groups is 1. The van der Waals surface area contributed by atoms with Gasteiger partial charge in [-0.15, -0.1) is 0 Å². The molecule has 27 heavy (non-hydrogen) atoms. The topological polar surface area (TPSA) is 80.6 Å². The molecule has 2 aromatic heterocycles. The highest BCUT2D eigenvalue weighted by molar-refractivity contribution is 6.06. The van der Waals surface area contributed by atoms with Gasteiger partial charge in [0.25, 0.3) is 5.91 Å². The van der Waals surface area contributed by atoms with Crippen molar-refractivity contribution in [2.45, 2.75) is 45.8 Å². The first-order valence-electron chi connectivity index (χ1n) is 9.16. The monoisotopic (exact) mass is 369 g/mol. The lowest BCUT2D eigenvalue weighted by atomic mass is 10.2. The molecule has 0 unspecified atom stereocenters. The van der Waals surface area contributed by atoms with Crippen LogP contribution in [0.3, 0.4) is 0 Å². The first kappa shape index (κ1) is 17.5. The van der Waals surface area contributed by atoms with Crippen molar-refractivity contribution in [3.8, 4) is 5.69 Å². The largest absolute Gasteiger partial charge is 0.443 e. The van der Waals surface area contributed by atoms with Crippen LogP contribution in [-0.2, 0) is 11.3 Å². The molecule has 0 aliphatic carbocycles. The molecule has 0 spiro atoms. The first-order chi connectivity index (χ1) is 12.8. The van der Waals surface area contributed by atoms with Crippen molar-refractivity contribution in [1.82, 2.24) is 19.7 Å². The molecule has 142 valence electrons. The molecule has 0 radical (unpaired) electrons. The van der Waals surface area contributed by atoms with E-state index in [-0.39, 0.29) is 12.5 Å². The van der Waals surface area contributed by atoms with E-state index < -0.39 is 11.7 Å². The van der Waals surface area contributed by atoms with Crippen LogP contribution in [0.4, 0.5) is 10.6 Å². The van der Waals surface area contributed by atoms with Crippen LogP contribution in [0, 0.1) is 0 Å². The highest BCUT2D eigenvalue weighted by Gasteiger charge is 2.37. The molecular weight excluding hydrogens is 346 g/mol. The number of pyridine rings is 1. The number of hydrogen-bond donors (Lipinski definition) is 0. The van der Waals surface area contributed by atoms with E-state index in [2.05, 4.69) is 15.0 Å². The fourth-order valence-corrected chi connectivity index (χ4v) is 3.32.